The van der Waals surface area contributed by atoms with Crippen LogP contribution < -0.4 is 10.1 Å². The fraction of sp³-hybridized carbons (Fsp3) is 0.237. The molecule has 0 unspecified atom stereocenters. The quantitative estimate of drug-likeness (QED) is 0.128. The van der Waals surface area contributed by atoms with Crippen LogP contribution in [0.1, 0.15) is 40.4 Å². The number of anilines is 1. The Balaban J connectivity index is 1.53. The van der Waals surface area contributed by atoms with E-state index in [0.29, 0.717) is 22.6 Å². The molecule has 1 amide bonds. The molecule has 2 fully saturated rings. The summed E-state index contributed by atoms with van der Waals surface area (Å²) < 4.78 is 18.6. The van der Waals surface area contributed by atoms with Crippen LogP contribution in [0.3, 0.4) is 0 Å². The Morgan fingerprint density at radius 1 is 0.938 bits per heavy atom. The van der Waals surface area contributed by atoms with E-state index in [1.54, 1.807) is 12.1 Å². The molecule has 9 nitrogen and oxygen atoms in total. The minimum absolute atomic E-state index is 0.0930. The maximum absolute atomic E-state index is 14.8. The van der Waals surface area contributed by atoms with Gasteiger partial charge in [-0.3, -0.25) is 19.3 Å². The van der Waals surface area contributed by atoms with Gasteiger partial charge in [-0.1, -0.05) is 85.5 Å². The maximum Gasteiger partial charge on any atom is 0.325 e. The van der Waals surface area contributed by atoms with Crippen molar-refractivity contribution in [1.29, 1.82) is 0 Å². The topological polar surface area (TPSA) is 114 Å². The Bertz CT molecular complexity index is 1850. The summed E-state index contributed by atoms with van der Waals surface area (Å²) in [6.45, 7) is 3.59. The fourth-order valence-corrected chi connectivity index (χ4v) is 8.16. The van der Waals surface area contributed by atoms with Gasteiger partial charge in [-0.2, -0.15) is 0 Å². The van der Waals surface area contributed by atoms with Crippen LogP contribution in [0.15, 0.2) is 116 Å². The molecule has 0 bridgehead atoms. The van der Waals surface area contributed by atoms with Gasteiger partial charge in [0.2, 0.25) is 5.91 Å². The monoisotopic (exact) mass is 756 g/mol. The molecular weight excluding hydrogens is 723 g/mol. The van der Waals surface area contributed by atoms with Crippen LogP contribution in [0.4, 0.5) is 5.69 Å². The molecule has 4 aromatic rings. The van der Waals surface area contributed by atoms with Crippen molar-refractivity contribution in [2.45, 2.75) is 29.6 Å². The number of benzene rings is 4. The van der Waals surface area contributed by atoms with Gasteiger partial charge < -0.3 is 24.6 Å². The summed E-state index contributed by atoms with van der Waals surface area (Å²) in [5, 5.41) is 12.4. The highest BCUT2D eigenvalue weighted by Crippen LogP contribution is 2.65. The number of rotatable bonds is 9. The van der Waals surface area contributed by atoms with Gasteiger partial charge in [0.05, 0.1) is 18.7 Å². The van der Waals surface area contributed by atoms with E-state index in [1.807, 2.05) is 95.9 Å². The Kier molecular flexibility index (Phi) is 8.80. The first-order chi connectivity index (χ1) is 23.4. The van der Waals surface area contributed by atoms with Crippen molar-refractivity contribution in [3.8, 4) is 5.75 Å². The number of amides is 1. The number of nitrogens with zero attached hydrogens (tertiary/aromatic N) is 1. The smallest absolute Gasteiger partial charge is 0.325 e. The van der Waals surface area contributed by atoms with Gasteiger partial charge >= 0.3 is 11.9 Å². The Morgan fingerprint density at radius 3 is 2.29 bits per heavy atom. The minimum atomic E-state index is -1.59. The van der Waals surface area contributed by atoms with Crippen LogP contribution in [0.25, 0.3) is 0 Å². The van der Waals surface area contributed by atoms with Gasteiger partial charge in [0.1, 0.15) is 42.4 Å². The number of aliphatic hydroxyl groups is 1. The van der Waals surface area contributed by atoms with E-state index < -0.39 is 53.4 Å². The summed E-state index contributed by atoms with van der Waals surface area (Å²) in [4.78, 5) is 45.8. The Morgan fingerprint density at radius 2 is 1.62 bits per heavy atom. The number of cyclic esters (lactones) is 1. The van der Waals surface area contributed by atoms with Gasteiger partial charge in [0.25, 0.3) is 0 Å². The molecule has 0 aromatic heterocycles. The molecule has 3 aliphatic rings. The molecule has 3 heterocycles. The van der Waals surface area contributed by atoms with Crippen molar-refractivity contribution in [3.05, 3.63) is 142 Å². The van der Waals surface area contributed by atoms with Crippen LogP contribution in [0.5, 0.6) is 5.75 Å². The van der Waals surface area contributed by atoms with Crippen LogP contribution in [0, 0.1) is 9.49 Å². The number of morpholine rings is 1. The molecule has 1 spiro atoms. The van der Waals surface area contributed by atoms with Crippen molar-refractivity contribution in [1.82, 2.24) is 4.90 Å². The first-order valence-electron chi connectivity index (χ1n) is 15.7. The lowest BCUT2D eigenvalue weighted by Crippen LogP contribution is -2.52. The molecule has 10 heteroatoms. The summed E-state index contributed by atoms with van der Waals surface area (Å²) in [5.74, 6) is -2.46. The van der Waals surface area contributed by atoms with E-state index in [1.165, 1.54) is 6.08 Å². The standard InChI is InChI=1S/C38H33IN2O7/c1-2-20-47-35(43)30-32-36(44)48-33(24-11-7-4-8-12-24)31(23-9-5-3-6-10-23)41(32)34(25-13-16-27(17-14-25)46-21-19-42)38(30)28-22-26(39)15-18-29(28)40-37(38)45/h2-18,22,30-34,42H,1,19-21H2,(H,40,45)/t30-,31-,32-,33+,34+,38-/m1/s1. The zero-order valence-electron chi connectivity index (χ0n) is 25.8. The molecule has 3 aliphatic heterocycles. The number of nitrogens with one attached hydrogen (secondary N) is 1. The van der Waals surface area contributed by atoms with Crippen LogP contribution in [-0.4, -0.2) is 53.7 Å². The Labute approximate surface area is 291 Å². The lowest BCUT2D eigenvalue weighted by molar-refractivity contribution is -0.180. The average molecular weight is 757 g/mol. The number of esters is 2. The molecule has 244 valence electrons. The predicted octanol–water partition coefficient (Wildman–Crippen LogP) is 5.66. The number of halogens is 1. The largest absolute Gasteiger partial charge is 0.491 e. The summed E-state index contributed by atoms with van der Waals surface area (Å²) in [5.41, 5.74) is 1.91. The molecule has 7 rings (SSSR count). The van der Waals surface area contributed by atoms with E-state index in [2.05, 4.69) is 34.5 Å². The van der Waals surface area contributed by atoms with Gasteiger partial charge in [0.15, 0.2) is 0 Å². The van der Waals surface area contributed by atoms with E-state index in [9.17, 15) is 19.5 Å². The number of hydrogen-bond acceptors (Lipinski definition) is 8. The molecule has 6 atom stereocenters. The van der Waals surface area contributed by atoms with Gasteiger partial charge in [0, 0.05) is 9.26 Å². The number of fused-ring (bicyclic) bond motifs is 3. The highest BCUT2D eigenvalue weighted by molar-refractivity contribution is 14.1. The molecule has 48 heavy (non-hydrogen) atoms. The highest BCUT2D eigenvalue weighted by atomic mass is 127. The number of hydrogen-bond donors (Lipinski definition) is 2. The van der Waals surface area contributed by atoms with Crippen LogP contribution in [-0.2, 0) is 29.3 Å². The van der Waals surface area contributed by atoms with E-state index in [0.717, 1.165) is 14.7 Å². The van der Waals surface area contributed by atoms with E-state index in [4.69, 9.17) is 14.2 Å². The lowest BCUT2D eigenvalue weighted by Gasteiger charge is -2.46. The summed E-state index contributed by atoms with van der Waals surface area (Å²) in [6.07, 6.45) is 0.704. The zero-order chi connectivity index (χ0) is 33.4. The first kappa shape index (κ1) is 32.0. The maximum atomic E-state index is 14.8. The van der Waals surface area contributed by atoms with Crippen molar-refractivity contribution in [3.63, 3.8) is 0 Å². The second-order valence-corrected chi connectivity index (χ2v) is 13.2. The number of aliphatic hydroxyl groups excluding tert-OH is 1. The van der Waals surface area contributed by atoms with Gasteiger partial charge in [-0.15, -0.1) is 0 Å². The lowest BCUT2D eigenvalue weighted by atomic mass is 9.65. The number of carbonyl (C=O) groups excluding carboxylic acids is 3. The van der Waals surface area contributed by atoms with Crippen molar-refractivity contribution in [2.24, 2.45) is 5.92 Å². The zero-order valence-corrected chi connectivity index (χ0v) is 28.0. The molecule has 0 radical (unpaired) electrons. The normalized spacial score (nSPS) is 25.9. The van der Waals surface area contributed by atoms with Gasteiger partial charge in [-0.25, -0.2) is 0 Å². The second kappa shape index (κ2) is 13.2. The van der Waals surface area contributed by atoms with Crippen molar-refractivity contribution in [2.75, 3.05) is 25.1 Å². The minimum Gasteiger partial charge on any atom is -0.491 e. The molecule has 0 saturated carbocycles. The number of ether oxygens (including phenoxy) is 3. The average Bonchev–Trinajstić information content (AvgIpc) is 3.59. The molecule has 4 aromatic carbocycles. The van der Waals surface area contributed by atoms with E-state index >= 15 is 0 Å². The summed E-state index contributed by atoms with van der Waals surface area (Å²) in [6, 6.07) is 29.5. The third-order valence-electron chi connectivity index (χ3n) is 9.42. The van der Waals surface area contributed by atoms with Crippen LogP contribution in [0.2, 0.25) is 0 Å². The van der Waals surface area contributed by atoms with Crippen molar-refractivity contribution < 1.29 is 33.7 Å². The van der Waals surface area contributed by atoms with E-state index in [-0.39, 0.29) is 19.8 Å². The highest BCUT2D eigenvalue weighted by Gasteiger charge is 2.74. The third kappa shape index (κ3) is 5.19. The van der Waals surface area contributed by atoms with Gasteiger partial charge in [-0.05, 0) is 75.2 Å². The SMILES string of the molecule is C=CCOC(=O)[C@H]1[C@@H]2C(=O)O[C@@H](c3ccccc3)[C@@H](c3ccccc3)N2[C@@H](c2ccc(OCCO)cc2)[C@]12C(=O)Nc1ccc(I)cc12. The molecule has 2 N–H and O–H groups in total. The molecule has 0 aliphatic carbocycles. The van der Waals surface area contributed by atoms with Crippen LogP contribution >= 0.6 is 22.6 Å². The second-order valence-electron chi connectivity index (χ2n) is 12.0. The Hall–Kier alpha value is -4.52. The number of carbonyl (C=O) groups is 3. The summed E-state index contributed by atoms with van der Waals surface area (Å²) >= 11 is 2.20. The van der Waals surface area contributed by atoms with Crippen molar-refractivity contribution >= 4 is 46.1 Å². The fourth-order valence-electron chi connectivity index (χ4n) is 7.67. The third-order valence-corrected chi connectivity index (χ3v) is 10.1. The summed E-state index contributed by atoms with van der Waals surface area (Å²) in [7, 11) is 0. The molecule has 2 saturated heterocycles. The molecular formula is C38H33IN2O7. The predicted molar refractivity (Wildman–Crippen MR) is 186 cm³/mol. The first-order valence-corrected chi connectivity index (χ1v) is 16.8.